The number of amides is 1. The van der Waals surface area contributed by atoms with Crippen LogP contribution in [-0.2, 0) is 14.3 Å². The highest BCUT2D eigenvalue weighted by atomic mass is 16.6. The smallest absolute Gasteiger partial charge is 0.310 e. The van der Waals surface area contributed by atoms with Crippen molar-refractivity contribution in [1.82, 2.24) is 4.98 Å². The minimum Gasteiger partial charge on any atom is -0.447 e. The monoisotopic (exact) mass is 499 g/mol. The molecule has 1 aliphatic rings. The number of hydrogen-bond donors (Lipinski definition) is 1. The van der Waals surface area contributed by atoms with Crippen LogP contribution < -0.4 is 10.2 Å². The van der Waals surface area contributed by atoms with E-state index in [-0.39, 0.29) is 11.4 Å². The third-order valence-electron chi connectivity index (χ3n) is 6.21. The molecule has 1 saturated heterocycles. The predicted octanol–water partition coefficient (Wildman–Crippen LogP) is 4.31. The third kappa shape index (κ3) is 6.08. The molecule has 1 atom stereocenters. The van der Waals surface area contributed by atoms with Crippen molar-refractivity contribution in [3.8, 4) is 6.07 Å². The van der Waals surface area contributed by atoms with Gasteiger partial charge >= 0.3 is 5.97 Å². The number of nitrogens with one attached hydrogen (secondary N) is 1. The van der Waals surface area contributed by atoms with E-state index < -0.39 is 28.8 Å². The van der Waals surface area contributed by atoms with Crippen LogP contribution in [0.25, 0.3) is 0 Å². The van der Waals surface area contributed by atoms with Gasteiger partial charge in [0, 0.05) is 30.9 Å². The number of nitriles is 1. The van der Waals surface area contributed by atoms with E-state index >= 15 is 0 Å². The molecule has 0 bridgehead atoms. The molecule has 0 spiro atoms. The summed E-state index contributed by atoms with van der Waals surface area (Å²) >= 11 is 0. The Morgan fingerprint density at radius 1 is 1.16 bits per heavy atom. The van der Waals surface area contributed by atoms with Crippen molar-refractivity contribution in [3.05, 3.63) is 93.7 Å². The number of pyridine rings is 1. The Morgan fingerprint density at radius 3 is 2.51 bits per heavy atom. The topological polar surface area (TPSA) is 138 Å². The molecular formula is C27H25N5O5. The van der Waals surface area contributed by atoms with Gasteiger partial charge in [-0.3, -0.25) is 19.7 Å². The zero-order valence-corrected chi connectivity index (χ0v) is 20.2. The molecule has 1 fully saturated rings. The Balaban J connectivity index is 1.46. The van der Waals surface area contributed by atoms with Crippen molar-refractivity contribution in [2.75, 3.05) is 23.3 Å². The summed E-state index contributed by atoms with van der Waals surface area (Å²) < 4.78 is 5.71. The van der Waals surface area contributed by atoms with Crippen molar-refractivity contribution < 1.29 is 19.2 Å². The molecule has 0 saturated carbocycles. The van der Waals surface area contributed by atoms with Gasteiger partial charge in [0.1, 0.15) is 17.6 Å². The van der Waals surface area contributed by atoms with Gasteiger partial charge in [0.05, 0.1) is 16.4 Å². The van der Waals surface area contributed by atoms with Crippen molar-refractivity contribution in [2.45, 2.75) is 25.9 Å². The maximum atomic E-state index is 13.2. The molecule has 4 rings (SSSR count). The van der Waals surface area contributed by atoms with E-state index in [1.165, 1.54) is 18.3 Å². The first-order chi connectivity index (χ1) is 17.9. The van der Waals surface area contributed by atoms with E-state index in [1.807, 2.05) is 11.0 Å². The molecule has 1 amide bonds. The molecule has 1 unspecified atom stereocenters. The lowest BCUT2D eigenvalue weighted by molar-refractivity contribution is -0.384. The summed E-state index contributed by atoms with van der Waals surface area (Å²) in [5.74, 6) is -0.866. The molecule has 10 heteroatoms. The highest BCUT2D eigenvalue weighted by Crippen LogP contribution is 2.29. The molecule has 3 aromatic rings. The van der Waals surface area contributed by atoms with Gasteiger partial charge in [0.2, 0.25) is 6.10 Å². The molecule has 1 aromatic heterocycles. The summed E-state index contributed by atoms with van der Waals surface area (Å²) in [6.07, 6.45) is 1.25. The number of hydrogen-bond acceptors (Lipinski definition) is 8. The van der Waals surface area contributed by atoms with Gasteiger partial charge in [-0.15, -0.1) is 0 Å². The molecule has 37 heavy (non-hydrogen) atoms. The van der Waals surface area contributed by atoms with Crippen LogP contribution in [0.4, 0.5) is 17.2 Å². The second-order valence-electron chi connectivity index (χ2n) is 8.77. The molecule has 10 nitrogen and oxygen atoms in total. The number of nitro benzene ring substituents is 1. The van der Waals surface area contributed by atoms with E-state index in [0.717, 1.165) is 5.82 Å². The van der Waals surface area contributed by atoms with Crippen molar-refractivity contribution in [3.63, 3.8) is 0 Å². The Bertz CT molecular complexity index is 1330. The zero-order chi connectivity index (χ0) is 26.4. The Hall–Kier alpha value is -4.78. The highest BCUT2D eigenvalue weighted by Gasteiger charge is 2.32. The number of ether oxygens (including phenoxy) is 1. The van der Waals surface area contributed by atoms with Crippen molar-refractivity contribution >= 4 is 29.1 Å². The summed E-state index contributed by atoms with van der Waals surface area (Å²) in [4.78, 5) is 43.6. The normalized spacial score (nSPS) is 14.3. The lowest BCUT2D eigenvalue weighted by Gasteiger charge is -2.32. The van der Waals surface area contributed by atoms with Crippen LogP contribution in [0, 0.1) is 34.3 Å². The number of aryl methyl sites for hydroxylation is 1. The molecule has 1 N–H and O–H groups in total. The second-order valence-corrected chi connectivity index (χ2v) is 8.77. The lowest BCUT2D eigenvalue weighted by Crippen LogP contribution is -2.38. The number of carbonyl (C=O) groups excluding carboxylic acids is 2. The van der Waals surface area contributed by atoms with E-state index in [2.05, 4.69) is 10.3 Å². The molecule has 2 heterocycles. The minimum absolute atomic E-state index is 0.0285. The molecule has 2 aromatic carbocycles. The van der Waals surface area contributed by atoms with Gasteiger partial charge in [-0.2, -0.15) is 5.26 Å². The number of esters is 1. The van der Waals surface area contributed by atoms with Crippen LogP contribution in [0.15, 0.2) is 66.9 Å². The summed E-state index contributed by atoms with van der Waals surface area (Å²) in [5.41, 5.74) is 1.40. The number of rotatable bonds is 7. The number of carbonyl (C=O) groups is 2. The van der Waals surface area contributed by atoms with Gasteiger partial charge in [0.25, 0.3) is 11.6 Å². The fourth-order valence-electron chi connectivity index (χ4n) is 4.19. The zero-order valence-electron chi connectivity index (χ0n) is 20.2. The first-order valence-electron chi connectivity index (χ1n) is 11.8. The van der Waals surface area contributed by atoms with Gasteiger partial charge < -0.3 is 15.0 Å². The molecule has 1 aliphatic heterocycles. The number of nitro groups is 1. The maximum Gasteiger partial charge on any atom is 0.310 e. The average Bonchev–Trinajstić information content (AvgIpc) is 2.93. The average molecular weight is 500 g/mol. The second kappa shape index (κ2) is 11.3. The molecular weight excluding hydrogens is 474 g/mol. The number of benzene rings is 2. The number of aromatic nitrogens is 1. The van der Waals surface area contributed by atoms with E-state index in [0.29, 0.717) is 42.6 Å². The van der Waals surface area contributed by atoms with E-state index in [1.54, 1.807) is 55.5 Å². The fourth-order valence-corrected chi connectivity index (χ4v) is 4.19. The molecule has 188 valence electrons. The Kier molecular flexibility index (Phi) is 7.74. The summed E-state index contributed by atoms with van der Waals surface area (Å²) in [6.45, 7) is 2.85. The Morgan fingerprint density at radius 2 is 1.89 bits per heavy atom. The first kappa shape index (κ1) is 25.3. The quantitative estimate of drug-likeness (QED) is 0.288. The van der Waals surface area contributed by atoms with Gasteiger partial charge in [0.15, 0.2) is 0 Å². The lowest BCUT2D eigenvalue weighted by atomic mass is 9.96. The van der Waals surface area contributed by atoms with Crippen LogP contribution in [0.1, 0.15) is 35.6 Å². The maximum absolute atomic E-state index is 13.2. The van der Waals surface area contributed by atoms with Crippen LogP contribution in [0.5, 0.6) is 0 Å². The minimum atomic E-state index is -1.27. The van der Waals surface area contributed by atoms with Crippen LogP contribution >= 0.6 is 0 Å². The Labute approximate surface area is 213 Å². The van der Waals surface area contributed by atoms with Crippen molar-refractivity contribution in [2.24, 2.45) is 5.92 Å². The number of piperidine rings is 1. The molecule has 0 radical (unpaired) electrons. The third-order valence-corrected chi connectivity index (χ3v) is 6.21. The van der Waals surface area contributed by atoms with Crippen LogP contribution in [0.2, 0.25) is 0 Å². The van der Waals surface area contributed by atoms with Crippen LogP contribution in [-0.4, -0.2) is 34.9 Å². The van der Waals surface area contributed by atoms with Crippen molar-refractivity contribution in [1.29, 1.82) is 5.26 Å². The summed E-state index contributed by atoms with van der Waals surface area (Å²) in [6, 6.07) is 18.6. The highest BCUT2D eigenvalue weighted by molar-refractivity contribution is 5.98. The SMILES string of the molecule is Cc1ccc(NC(=O)C(OC(=O)C2CCN(c3ccc(C#N)cn3)CC2)c2ccccc2)c([N+](=O)[O-])c1. The first-order valence-corrected chi connectivity index (χ1v) is 11.8. The van der Waals surface area contributed by atoms with E-state index in [4.69, 9.17) is 10.00 Å². The van der Waals surface area contributed by atoms with Crippen LogP contribution in [0.3, 0.4) is 0 Å². The van der Waals surface area contributed by atoms with Gasteiger partial charge in [-0.05, 0) is 43.5 Å². The summed E-state index contributed by atoms with van der Waals surface area (Å²) in [7, 11) is 0. The van der Waals surface area contributed by atoms with E-state index in [9.17, 15) is 19.7 Å². The van der Waals surface area contributed by atoms with Gasteiger partial charge in [-0.1, -0.05) is 36.4 Å². The molecule has 0 aliphatic carbocycles. The predicted molar refractivity (Wildman–Crippen MR) is 136 cm³/mol. The standard InChI is InChI=1S/C27H25N5O5/c1-18-7-9-22(23(15-18)32(35)36)30-26(33)25(20-5-3-2-4-6-20)37-27(34)21-11-13-31(14-12-21)24-10-8-19(16-28)17-29-24/h2-10,15,17,21,25H,11-14H2,1H3,(H,30,33). The summed E-state index contributed by atoms with van der Waals surface area (Å²) in [5, 5.41) is 23.0. The number of nitrogens with zero attached hydrogens (tertiary/aromatic N) is 4. The van der Waals surface area contributed by atoms with Gasteiger partial charge in [-0.25, -0.2) is 4.98 Å². The largest absolute Gasteiger partial charge is 0.447 e. The number of anilines is 2. The fraction of sp³-hybridized carbons (Fsp3) is 0.259.